The summed E-state index contributed by atoms with van der Waals surface area (Å²) in [4.78, 5) is 2.76. The number of hydrogen-bond donors (Lipinski definition) is 1. The first kappa shape index (κ1) is 26.1. The molecule has 1 atom stereocenters. The highest BCUT2D eigenvalue weighted by Crippen LogP contribution is 2.41. The Labute approximate surface area is 204 Å². The molecule has 0 radical (unpaired) electrons. The minimum absolute atomic E-state index is 0.141. The number of nitrogens with one attached hydrogen (secondary N) is 1. The Morgan fingerprint density at radius 3 is 2.18 bits per heavy atom. The maximum Gasteiger partial charge on any atom is 0.476 e. The molecule has 0 saturated carbocycles. The Balaban J connectivity index is 2.23. The fourth-order valence-corrected chi connectivity index (χ4v) is 4.30. The number of halogens is 9. The summed E-state index contributed by atoms with van der Waals surface area (Å²) in [5, 5.41) is 14.4. The summed E-state index contributed by atoms with van der Waals surface area (Å²) in [5.74, 6) is -0.620. The van der Waals surface area contributed by atoms with Gasteiger partial charge in [0.2, 0.25) is 0 Å². The lowest BCUT2D eigenvalue weighted by atomic mass is 10.2. The van der Waals surface area contributed by atoms with Gasteiger partial charge in [-0.15, -0.1) is 0 Å². The predicted octanol–water partition coefficient (Wildman–Crippen LogP) is 6.36. The molecule has 0 spiro atoms. The van der Waals surface area contributed by atoms with E-state index in [4.69, 9.17) is 34.8 Å². The molecular formula is C18H8Cl3F6N5OS. The average Bonchev–Trinajstić information content (AvgIpc) is 3.08. The van der Waals surface area contributed by atoms with Crippen molar-refractivity contribution in [1.29, 1.82) is 5.26 Å². The van der Waals surface area contributed by atoms with Crippen LogP contribution in [0, 0.1) is 11.3 Å². The molecule has 2 heterocycles. The third-order valence-electron chi connectivity index (χ3n) is 4.15. The van der Waals surface area contributed by atoms with Crippen LogP contribution in [0.2, 0.25) is 15.2 Å². The summed E-state index contributed by atoms with van der Waals surface area (Å²) in [7, 11) is -3.74. The predicted molar refractivity (Wildman–Crippen MR) is 112 cm³/mol. The van der Waals surface area contributed by atoms with Crippen molar-refractivity contribution in [2.45, 2.75) is 23.1 Å². The molecule has 6 nitrogen and oxygen atoms in total. The molecule has 16 heteroatoms. The van der Waals surface area contributed by atoms with Crippen LogP contribution in [0.25, 0.3) is 5.69 Å². The largest absolute Gasteiger partial charge is 0.476 e. The topological polar surface area (TPSA) is 83.6 Å². The van der Waals surface area contributed by atoms with Crippen LogP contribution in [0.15, 0.2) is 35.4 Å². The van der Waals surface area contributed by atoms with Crippen molar-refractivity contribution >= 4 is 51.4 Å². The number of alkyl halides is 6. The van der Waals surface area contributed by atoms with Gasteiger partial charge >= 0.3 is 11.7 Å². The van der Waals surface area contributed by atoms with Crippen molar-refractivity contribution < 1.29 is 30.6 Å². The minimum atomic E-state index is -5.29. The van der Waals surface area contributed by atoms with Crippen molar-refractivity contribution in [2.75, 3.05) is 5.32 Å². The molecule has 1 N–H and O–H groups in total. The standard InChI is InChI=1S/C18H8Cl3F6N5OS/c19-10-3-9(17(22,23)24)4-11(20)14(10)32-16(30-7-8-1-2-13(21)29-6-8)15(12(5-28)31-32)34(33)18(25,26)27/h1-4,6,30H,7H2. The SMILES string of the molecule is N#Cc1nn(-c2c(Cl)cc(C(F)(F)F)cc2Cl)c(NCc2ccc(Cl)nc2)c1S(=O)C(F)(F)F. The highest BCUT2D eigenvalue weighted by atomic mass is 35.5. The first-order chi connectivity index (χ1) is 15.7. The van der Waals surface area contributed by atoms with Crippen LogP contribution in [0.1, 0.15) is 16.8 Å². The lowest BCUT2D eigenvalue weighted by Gasteiger charge is -2.16. The molecule has 180 valence electrons. The van der Waals surface area contributed by atoms with Gasteiger partial charge in [0.15, 0.2) is 16.5 Å². The zero-order valence-electron chi connectivity index (χ0n) is 16.1. The van der Waals surface area contributed by atoms with Gasteiger partial charge in [0.1, 0.15) is 27.6 Å². The summed E-state index contributed by atoms with van der Waals surface area (Å²) in [5.41, 5.74) is -7.47. The van der Waals surface area contributed by atoms with E-state index in [1.165, 1.54) is 24.4 Å². The summed E-state index contributed by atoms with van der Waals surface area (Å²) in [6, 6.07) is 5.25. The van der Waals surface area contributed by atoms with Gasteiger partial charge in [-0.05, 0) is 23.8 Å². The quantitative estimate of drug-likeness (QED) is 0.289. The first-order valence-electron chi connectivity index (χ1n) is 8.66. The second-order valence-corrected chi connectivity index (χ2v) is 9.00. The van der Waals surface area contributed by atoms with Gasteiger partial charge in [-0.2, -0.15) is 36.7 Å². The number of benzene rings is 1. The van der Waals surface area contributed by atoms with E-state index in [0.29, 0.717) is 22.4 Å². The molecule has 0 fully saturated rings. The lowest BCUT2D eigenvalue weighted by Crippen LogP contribution is -2.18. The zero-order valence-corrected chi connectivity index (χ0v) is 19.2. The Hall–Kier alpha value is -2.53. The van der Waals surface area contributed by atoms with Gasteiger partial charge in [0, 0.05) is 12.7 Å². The highest BCUT2D eigenvalue weighted by molar-refractivity contribution is 7.86. The van der Waals surface area contributed by atoms with E-state index in [1.807, 2.05) is 0 Å². The number of anilines is 1. The molecule has 0 aliphatic carbocycles. The van der Waals surface area contributed by atoms with Crippen LogP contribution in [-0.2, 0) is 23.5 Å². The summed E-state index contributed by atoms with van der Waals surface area (Å²) in [6.07, 6.45) is -3.53. The average molecular weight is 563 g/mol. The van der Waals surface area contributed by atoms with Crippen LogP contribution < -0.4 is 5.32 Å². The summed E-state index contributed by atoms with van der Waals surface area (Å²) >= 11 is 17.7. The molecule has 3 rings (SSSR count). The van der Waals surface area contributed by atoms with Crippen LogP contribution in [0.3, 0.4) is 0 Å². The van der Waals surface area contributed by atoms with Gasteiger partial charge in [-0.1, -0.05) is 40.9 Å². The molecule has 0 aliphatic heterocycles. The van der Waals surface area contributed by atoms with Crippen molar-refractivity contribution in [3.63, 3.8) is 0 Å². The van der Waals surface area contributed by atoms with Crippen molar-refractivity contribution in [2.24, 2.45) is 0 Å². The zero-order chi connectivity index (χ0) is 25.4. The fraction of sp³-hybridized carbons (Fsp3) is 0.167. The smallest absolute Gasteiger partial charge is 0.365 e. The minimum Gasteiger partial charge on any atom is -0.365 e. The Kier molecular flexibility index (Phi) is 7.37. The monoisotopic (exact) mass is 561 g/mol. The Morgan fingerprint density at radius 1 is 1.09 bits per heavy atom. The molecule has 0 saturated heterocycles. The lowest BCUT2D eigenvalue weighted by molar-refractivity contribution is -0.137. The van der Waals surface area contributed by atoms with E-state index in [1.54, 1.807) is 0 Å². The van der Waals surface area contributed by atoms with Crippen LogP contribution in [-0.4, -0.2) is 24.5 Å². The fourth-order valence-electron chi connectivity index (χ4n) is 2.71. The van der Waals surface area contributed by atoms with Gasteiger partial charge in [0.05, 0.1) is 15.6 Å². The number of aromatic nitrogens is 3. The van der Waals surface area contributed by atoms with Gasteiger partial charge < -0.3 is 5.32 Å². The maximum absolute atomic E-state index is 13.3. The van der Waals surface area contributed by atoms with Crippen LogP contribution in [0.4, 0.5) is 32.2 Å². The summed E-state index contributed by atoms with van der Waals surface area (Å²) < 4.78 is 92.0. The van der Waals surface area contributed by atoms with Gasteiger partial charge in [0.25, 0.3) is 0 Å². The summed E-state index contributed by atoms with van der Waals surface area (Å²) in [6.45, 7) is -0.224. The Morgan fingerprint density at radius 2 is 1.71 bits per heavy atom. The second kappa shape index (κ2) is 9.61. The number of nitrogens with zero attached hydrogens (tertiary/aromatic N) is 4. The van der Waals surface area contributed by atoms with Crippen molar-refractivity contribution in [3.8, 4) is 11.8 Å². The van der Waals surface area contributed by atoms with E-state index in [2.05, 4.69) is 15.4 Å². The number of hydrogen-bond acceptors (Lipinski definition) is 5. The molecule has 0 aliphatic rings. The second-order valence-electron chi connectivity index (χ2n) is 6.39. The molecule has 0 bridgehead atoms. The first-order valence-corrected chi connectivity index (χ1v) is 10.9. The van der Waals surface area contributed by atoms with Crippen LogP contribution in [0.5, 0.6) is 0 Å². The highest BCUT2D eigenvalue weighted by Gasteiger charge is 2.43. The maximum atomic E-state index is 13.3. The molecule has 3 aromatic rings. The van der Waals surface area contributed by atoms with E-state index in [9.17, 15) is 35.8 Å². The number of nitriles is 1. The van der Waals surface area contributed by atoms with Crippen molar-refractivity contribution in [1.82, 2.24) is 14.8 Å². The van der Waals surface area contributed by atoms with E-state index in [-0.39, 0.29) is 11.7 Å². The Bertz CT molecular complexity index is 1280. The van der Waals surface area contributed by atoms with E-state index in [0.717, 1.165) is 0 Å². The molecule has 2 aromatic heterocycles. The number of rotatable bonds is 5. The molecular weight excluding hydrogens is 555 g/mol. The van der Waals surface area contributed by atoms with Gasteiger partial charge in [-0.3, -0.25) is 0 Å². The van der Waals surface area contributed by atoms with E-state index >= 15 is 0 Å². The molecule has 0 amide bonds. The third-order valence-corrected chi connectivity index (χ3v) is 6.13. The van der Waals surface area contributed by atoms with Crippen LogP contribution >= 0.6 is 34.8 Å². The van der Waals surface area contributed by atoms with E-state index < -0.39 is 60.2 Å². The third kappa shape index (κ3) is 5.41. The molecule has 1 unspecified atom stereocenters. The normalized spacial score (nSPS) is 12.9. The molecule has 34 heavy (non-hydrogen) atoms. The van der Waals surface area contributed by atoms with Gasteiger partial charge in [-0.25, -0.2) is 13.9 Å². The van der Waals surface area contributed by atoms with Crippen molar-refractivity contribution in [3.05, 3.63) is 62.5 Å². The number of pyridine rings is 1. The molecule has 1 aromatic carbocycles.